The SMILES string of the molecule is O=C(c1cnn2c(C(F)F)cc(-c3ccc(F)cc3)nc12)N1CCN(Cc2ccc(Cl)cc2)CC1. The summed E-state index contributed by atoms with van der Waals surface area (Å²) in [4.78, 5) is 21.7. The average molecular weight is 500 g/mol. The molecule has 1 amide bonds. The number of hydrogen-bond donors (Lipinski definition) is 0. The number of alkyl halides is 2. The number of aromatic nitrogens is 3. The number of halogens is 4. The minimum absolute atomic E-state index is 0.0516. The average Bonchev–Trinajstić information content (AvgIpc) is 3.29. The van der Waals surface area contributed by atoms with Crippen molar-refractivity contribution in [3.05, 3.63) is 88.5 Å². The molecule has 1 aliphatic rings. The molecule has 0 aliphatic carbocycles. The summed E-state index contributed by atoms with van der Waals surface area (Å²) in [5.74, 6) is -0.755. The fourth-order valence-electron chi connectivity index (χ4n) is 4.19. The van der Waals surface area contributed by atoms with Gasteiger partial charge in [-0.15, -0.1) is 0 Å². The lowest BCUT2D eigenvalue weighted by Crippen LogP contribution is -2.48. The van der Waals surface area contributed by atoms with Gasteiger partial charge in [-0.2, -0.15) is 5.10 Å². The van der Waals surface area contributed by atoms with Gasteiger partial charge in [0, 0.05) is 43.3 Å². The molecule has 3 heterocycles. The molecule has 0 atom stereocenters. The maximum atomic E-state index is 13.8. The Morgan fingerprint density at radius 1 is 1.00 bits per heavy atom. The van der Waals surface area contributed by atoms with Crippen molar-refractivity contribution in [2.45, 2.75) is 13.0 Å². The van der Waals surface area contributed by atoms with Gasteiger partial charge in [-0.3, -0.25) is 9.69 Å². The van der Waals surface area contributed by atoms with Gasteiger partial charge in [0.05, 0.1) is 11.9 Å². The first-order valence-corrected chi connectivity index (χ1v) is 11.5. The van der Waals surface area contributed by atoms with Crippen molar-refractivity contribution in [1.82, 2.24) is 24.4 Å². The Labute approximate surface area is 204 Å². The van der Waals surface area contributed by atoms with E-state index in [1.165, 1.54) is 36.5 Å². The van der Waals surface area contributed by atoms with E-state index < -0.39 is 12.2 Å². The Hall–Kier alpha value is -3.43. The van der Waals surface area contributed by atoms with Gasteiger partial charge in [-0.1, -0.05) is 23.7 Å². The smallest absolute Gasteiger partial charge is 0.280 e. The highest BCUT2D eigenvalue weighted by molar-refractivity contribution is 6.30. The maximum Gasteiger partial charge on any atom is 0.280 e. The first-order chi connectivity index (χ1) is 16.9. The molecule has 0 saturated carbocycles. The van der Waals surface area contributed by atoms with Gasteiger partial charge in [0.1, 0.15) is 17.1 Å². The van der Waals surface area contributed by atoms with E-state index in [2.05, 4.69) is 15.0 Å². The summed E-state index contributed by atoms with van der Waals surface area (Å²) < 4.78 is 42.0. The van der Waals surface area contributed by atoms with E-state index >= 15 is 0 Å². The molecule has 6 nitrogen and oxygen atoms in total. The van der Waals surface area contributed by atoms with Crippen molar-refractivity contribution < 1.29 is 18.0 Å². The predicted molar refractivity (Wildman–Crippen MR) is 126 cm³/mol. The predicted octanol–water partition coefficient (Wildman–Crippen LogP) is 5.08. The molecule has 10 heteroatoms. The molecule has 5 rings (SSSR count). The van der Waals surface area contributed by atoms with Crippen molar-refractivity contribution in [1.29, 1.82) is 0 Å². The molecule has 35 heavy (non-hydrogen) atoms. The van der Waals surface area contributed by atoms with E-state index in [0.29, 0.717) is 36.8 Å². The summed E-state index contributed by atoms with van der Waals surface area (Å²) in [6.07, 6.45) is -1.55. The summed E-state index contributed by atoms with van der Waals surface area (Å²) in [6.45, 7) is 3.07. The van der Waals surface area contributed by atoms with E-state index in [0.717, 1.165) is 16.6 Å². The van der Waals surface area contributed by atoms with Crippen molar-refractivity contribution >= 4 is 23.2 Å². The number of piperazine rings is 1. The zero-order chi connectivity index (χ0) is 24.5. The third kappa shape index (κ3) is 4.87. The van der Waals surface area contributed by atoms with Crippen molar-refractivity contribution in [3.63, 3.8) is 0 Å². The number of fused-ring (bicyclic) bond motifs is 1. The molecule has 4 aromatic rings. The van der Waals surface area contributed by atoms with Crippen LogP contribution in [0.1, 0.15) is 28.0 Å². The summed E-state index contributed by atoms with van der Waals surface area (Å²) in [7, 11) is 0. The van der Waals surface area contributed by atoms with Crippen LogP contribution in [0.5, 0.6) is 0 Å². The van der Waals surface area contributed by atoms with Crippen LogP contribution in [-0.2, 0) is 6.54 Å². The summed E-state index contributed by atoms with van der Waals surface area (Å²) in [6, 6.07) is 14.2. The molecule has 0 bridgehead atoms. The fraction of sp³-hybridized carbons (Fsp3) is 0.240. The highest BCUT2D eigenvalue weighted by atomic mass is 35.5. The molecular weight excluding hydrogens is 479 g/mol. The largest absolute Gasteiger partial charge is 0.336 e. The van der Waals surface area contributed by atoms with Gasteiger partial charge in [-0.05, 0) is 48.0 Å². The lowest BCUT2D eigenvalue weighted by molar-refractivity contribution is 0.0630. The van der Waals surface area contributed by atoms with Gasteiger partial charge in [0.25, 0.3) is 12.3 Å². The molecule has 1 fully saturated rings. The minimum Gasteiger partial charge on any atom is -0.336 e. The number of hydrogen-bond acceptors (Lipinski definition) is 4. The third-order valence-corrected chi connectivity index (χ3v) is 6.32. The molecule has 2 aromatic heterocycles. The second kappa shape index (κ2) is 9.67. The van der Waals surface area contributed by atoms with E-state index in [9.17, 15) is 18.0 Å². The highest BCUT2D eigenvalue weighted by Crippen LogP contribution is 2.27. The van der Waals surface area contributed by atoms with Crippen molar-refractivity contribution in [2.24, 2.45) is 0 Å². The van der Waals surface area contributed by atoms with Crippen molar-refractivity contribution in [3.8, 4) is 11.3 Å². The van der Waals surface area contributed by atoms with Crippen LogP contribution in [-0.4, -0.2) is 56.5 Å². The quantitative estimate of drug-likeness (QED) is 0.384. The number of carbonyl (C=O) groups excluding carboxylic acids is 1. The Kier molecular flexibility index (Phi) is 6.44. The number of nitrogens with zero attached hydrogens (tertiary/aromatic N) is 5. The van der Waals surface area contributed by atoms with Gasteiger partial charge in [-0.25, -0.2) is 22.7 Å². The van der Waals surface area contributed by atoms with Gasteiger partial charge in [0.15, 0.2) is 5.65 Å². The number of rotatable bonds is 5. The second-order valence-electron chi connectivity index (χ2n) is 8.36. The standard InChI is InChI=1S/C25H21ClF3N5O/c26-18-5-1-16(2-6-18)15-32-9-11-33(12-10-32)25(35)20-14-30-34-22(23(28)29)13-21(31-24(20)34)17-3-7-19(27)8-4-17/h1-8,13-14,23H,9-12,15H2. The maximum absolute atomic E-state index is 13.8. The Bertz CT molecular complexity index is 1350. The van der Waals surface area contributed by atoms with E-state index in [4.69, 9.17) is 11.6 Å². The molecule has 0 spiro atoms. The number of carbonyl (C=O) groups is 1. The minimum atomic E-state index is -2.83. The first kappa shape index (κ1) is 23.3. The van der Waals surface area contributed by atoms with Crippen molar-refractivity contribution in [2.75, 3.05) is 26.2 Å². The Morgan fingerprint density at radius 3 is 2.34 bits per heavy atom. The third-order valence-electron chi connectivity index (χ3n) is 6.07. The van der Waals surface area contributed by atoms with Crippen LogP contribution in [0.25, 0.3) is 16.9 Å². The monoisotopic (exact) mass is 499 g/mol. The summed E-state index contributed by atoms with van der Waals surface area (Å²) >= 11 is 5.95. The summed E-state index contributed by atoms with van der Waals surface area (Å²) in [5, 5.41) is 4.71. The Morgan fingerprint density at radius 2 is 1.69 bits per heavy atom. The van der Waals surface area contributed by atoms with Crippen LogP contribution in [0.2, 0.25) is 5.02 Å². The molecular formula is C25H21ClF3N5O. The van der Waals surface area contributed by atoms with E-state index in [1.807, 2.05) is 24.3 Å². The fourth-order valence-corrected chi connectivity index (χ4v) is 4.31. The van der Waals surface area contributed by atoms with Gasteiger partial charge >= 0.3 is 0 Å². The molecule has 0 N–H and O–H groups in total. The molecule has 1 saturated heterocycles. The van der Waals surface area contributed by atoms with E-state index in [-0.39, 0.29) is 28.5 Å². The lowest BCUT2D eigenvalue weighted by Gasteiger charge is -2.34. The highest BCUT2D eigenvalue weighted by Gasteiger charge is 2.27. The van der Waals surface area contributed by atoms with Crippen LogP contribution < -0.4 is 0 Å². The molecule has 0 unspecified atom stereocenters. The van der Waals surface area contributed by atoms with Gasteiger partial charge < -0.3 is 4.90 Å². The first-order valence-electron chi connectivity index (χ1n) is 11.1. The molecule has 2 aromatic carbocycles. The van der Waals surface area contributed by atoms with E-state index in [1.54, 1.807) is 4.90 Å². The second-order valence-corrected chi connectivity index (χ2v) is 8.80. The van der Waals surface area contributed by atoms with Crippen LogP contribution >= 0.6 is 11.6 Å². The zero-order valence-electron chi connectivity index (χ0n) is 18.5. The van der Waals surface area contributed by atoms with Crippen LogP contribution in [0.4, 0.5) is 13.2 Å². The van der Waals surface area contributed by atoms with Gasteiger partial charge in [0.2, 0.25) is 0 Å². The zero-order valence-corrected chi connectivity index (χ0v) is 19.3. The molecule has 0 radical (unpaired) electrons. The van der Waals surface area contributed by atoms with Crippen LogP contribution in [0.3, 0.4) is 0 Å². The summed E-state index contributed by atoms with van der Waals surface area (Å²) in [5.41, 5.74) is 1.63. The lowest BCUT2D eigenvalue weighted by atomic mass is 10.1. The topological polar surface area (TPSA) is 53.7 Å². The number of benzene rings is 2. The Balaban J connectivity index is 1.38. The number of amides is 1. The van der Waals surface area contributed by atoms with Crippen LogP contribution in [0, 0.1) is 5.82 Å². The molecule has 1 aliphatic heterocycles. The normalized spacial score (nSPS) is 14.7. The van der Waals surface area contributed by atoms with Crippen LogP contribution in [0.15, 0.2) is 60.8 Å². The molecule has 180 valence electrons.